The van der Waals surface area contributed by atoms with Crippen molar-refractivity contribution < 1.29 is 9.90 Å². The number of aryl methyl sites for hydroxylation is 1. The molecule has 34 heavy (non-hydrogen) atoms. The van der Waals surface area contributed by atoms with Gasteiger partial charge in [0.2, 0.25) is 0 Å². The molecule has 1 heterocycles. The summed E-state index contributed by atoms with van der Waals surface area (Å²) in [6.07, 6.45) is 1.88. The van der Waals surface area contributed by atoms with Gasteiger partial charge in [0.25, 0.3) is 0 Å². The van der Waals surface area contributed by atoms with E-state index in [4.69, 9.17) is 11.6 Å². The number of carbonyl (C=O) groups is 1. The summed E-state index contributed by atoms with van der Waals surface area (Å²) >= 11 is 6.14. The van der Waals surface area contributed by atoms with Gasteiger partial charge in [0.15, 0.2) is 5.78 Å². The molecule has 2 aliphatic rings. The van der Waals surface area contributed by atoms with Crippen LogP contribution < -0.4 is 4.90 Å². The molecule has 4 nitrogen and oxygen atoms in total. The lowest BCUT2D eigenvalue weighted by atomic mass is 9.73. The third-order valence-electron chi connectivity index (χ3n) is 6.55. The van der Waals surface area contributed by atoms with Crippen molar-refractivity contribution in [2.45, 2.75) is 32.1 Å². The van der Waals surface area contributed by atoms with Crippen molar-refractivity contribution in [2.75, 3.05) is 4.90 Å². The lowest BCUT2D eigenvalue weighted by molar-refractivity contribution is -0.116. The molecule has 0 radical (unpaired) electrons. The van der Waals surface area contributed by atoms with E-state index >= 15 is 0 Å². The summed E-state index contributed by atoms with van der Waals surface area (Å²) in [5, 5.41) is 21.5. The first-order valence-electron chi connectivity index (χ1n) is 11.4. The highest BCUT2D eigenvalue weighted by molar-refractivity contribution is 6.30. The first-order chi connectivity index (χ1) is 16.5. The van der Waals surface area contributed by atoms with Crippen LogP contribution in [-0.4, -0.2) is 16.7 Å². The topological polar surface area (TPSA) is 64.4 Å². The molecule has 1 atom stereocenters. The Kier molecular flexibility index (Phi) is 5.84. The SMILES string of the molecule is Cc1ccc(C2C(=C(O)c3ccccc3)C(=N)N(c3ccc(Cl)cc3)C3=C2C(=O)CCC3)cc1. The van der Waals surface area contributed by atoms with Crippen LogP contribution in [0.25, 0.3) is 5.76 Å². The Bertz CT molecular complexity index is 1320. The molecule has 5 heteroatoms. The molecule has 0 bridgehead atoms. The summed E-state index contributed by atoms with van der Waals surface area (Å²) in [6.45, 7) is 2.02. The second-order valence-electron chi connectivity index (χ2n) is 8.77. The number of carbonyl (C=O) groups excluding carboxylic acids is 1. The highest BCUT2D eigenvalue weighted by atomic mass is 35.5. The Morgan fingerprint density at radius 2 is 1.65 bits per heavy atom. The van der Waals surface area contributed by atoms with Crippen molar-refractivity contribution in [1.82, 2.24) is 0 Å². The minimum absolute atomic E-state index is 0.0139. The van der Waals surface area contributed by atoms with Crippen LogP contribution in [0.2, 0.25) is 5.02 Å². The van der Waals surface area contributed by atoms with Crippen LogP contribution in [-0.2, 0) is 4.79 Å². The molecule has 2 N–H and O–H groups in total. The van der Waals surface area contributed by atoms with Crippen molar-refractivity contribution in [3.8, 4) is 0 Å². The van der Waals surface area contributed by atoms with Gasteiger partial charge < -0.3 is 5.11 Å². The number of hydrogen-bond donors (Lipinski definition) is 2. The van der Waals surface area contributed by atoms with E-state index in [2.05, 4.69) is 0 Å². The Labute approximate surface area is 204 Å². The Morgan fingerprint density at radius 1 is 0.971 bits per heavy atom. The van der Waals surface area contributed by atoms with Gasteiger partial charge in [-0.1, -0.05) is 71.8 Å². The second-order valence-corrected chi connectivity index (χ2v) is 9.21. The fraction of sp³-hybridized carbons (Fsp3) is 0.172. The number of aliphatic hydroxyl groups excluding tert-OH is 1. The zero-order valence-electron chi connectivity index (χ0n) is 18.9. The van der Waals surface area contributed by atoms with E-state index in [1.165, 1.54) is 0 Å². The lowest BCUT2D eigenvalue weighted by Crippen LogP contribution is -2.42. The van der Waals surface area contributed by atoms with Gasteiger partial charge >= 0.3 is 0 Å². The maximum atomic E-state index is 13.4. The zero-order chi connectivity index (χ0) is 23.8. The molecule has 0 saturated heterocycles. The molecule has 5 rings (SSSR count). The Morgan fingerprint density at radius 3 is 2.32 bits per heavy atom. The van der Waals surface area contributed by atoms with Gasteiger partial charge in [0.05, 0.1) is 0 Å². The van der Waals surface area contributed by atoms with Crippen molar-refractivity contribution in [2.24, 2.45) is 0 Å². The van der Waals surface area contributed by atoms with Crippen LogP contribution in [0.4, 0.5) is 5.69 Å². The van der Waals surface area contributed by atoms with Gasteiger partial charge in [-0.3, -0.25) is 15.1 Å². The number of ketones is 1. The van der Waals surface area contributed by atoms with E-state index < -0.39 is 5.92 Å². The van der Waals surface area contributed by atoms with E-state index in [9.17, 15) is 15.3 Å². The monoisotopic (exact) mass is 468 g/mol. The van der Waals surface area contributed by atoms with Crippen molar-refractivity contribution in [3.05, 3.63) is 117 Å². The lowest BCUT2D eigenvalue weighted by Gasteiger charge is -2.41. The fourth-order valence-electron chi connectivity index (χ4n) is 4.91. The molecule has 0 fully saturated rings. The zero-order valence-corrected chi connectivity index (χ0v) is 19.6. The van der Waals surface area contributed by atoms with Gasteiger partial charge in [-0.25, -0.2) is 0 Å². The van der Waals surface area contributed by atoms with Gasteiger partial charge in [0.1, 0.15) is 11.6 Å². The van der Waals surface area contributed by atoms with Crippen LogP contribution in [0.3, 0.4) is 0 Å². The van der Waals surface area contributed by atoms with Crippen LogP contribution in [0.5, 0.6) is 0 Å². The number of halogens is 1. The van der Waals surface area contributed by atoms with Crippen LogP contribution in [0, 0.1) is 12.3 Å². The minimum Gasteiger partial charge on any atom is -0.507 e. The van der Waals surface area contributed by atoms with E-state index in [0.29, 0.717) is 34.6 Å². The number of anilines is 1. The van der Waals surface area contributed by atoms with Crippen LogP contribution in [0.1, 0.15) is 41.9 Å². The summed E-state index contributed by atoms with van der Waals surface area (Å²) in [5.41, 5.74) is 5.29. The highest BCUT2D eigenvalue weighted by Gasteiger charge is 2.43. The maximum absolute atomic E-state index is 13.4. The number of nitrogens with one attached hydrogen (secondary N) is 1. The maximum Gasteiger partial charge on any atom is 0.161 e. The minimum atomic E-state index is -0.514. The summed E-state index contributed by atoms with van der Waals surface area (Å²) in [4.78, 5) is 15.2. The number of rotatable bonds is 3. The predicted molar refractivity (Wildman–Crippen MR) is 137 cm³/mol. The van der Waals surface area contributed by atoms with Gasteiger partial charge in [-0.2, -0.15) is 0 Å². The summed E-state index contributed by atoms with van der Waals surface area (Å²) < 4.78 is 0. The van der Waals surface area contributed by atoms with Crippen molar-refractivity contribution in [3.63, 3.8) is 0 Å². The number of amidine groups is 1. The molecule has 1 aliphatic carbocycles. The number of aliphatic hydroxyl groups is 1. The molecule has 1 unspecified atom stereocenters. The molecule has 0 aromatic heterocycles. The van der Waals surface area contributed by atoms with Gasteiger partial charge in [-0.15, -0.1) is 0 Å². The van der Waals surface area contributed by atoms with Crippen LogP contribution >= 0.6 is 11.6 Å². The van der Waals surface area contributed by atoms with E-state index in [-0.39, 0.29) is 17.4 Å². The molecule has 0 saturated carbocycles. The summed E-state index contributed by atoms with van der Waals surface area (Å²) in [7, 11) is 0. The van der Waals surface area contributed by atoms with E-state index in [1.54, 1.807) is 12.1 Å². The van der Waals surface area contributed by atoms with Gasteiger partial charge in [0, 0.05) is 45.5 Å². The Hall–Kier alpha value is -3.63. The third-order valence-corrected chi connectivity index (χ3v) is 6.80. The normalized spacial score (nSPS) is 19.8. The standard InChI is InChI=1S/C29H25ClN2O2/c1-18-10-12-19(13-11-18)25-26-23(8-5-9-24(26)33)32(22-16-14-21(30)15-17-22)29(31)27(25)28(34)20-6-3-2-4-7-20/h2-4,6-7,10-17,25,31,34H,5,8-9H2,1H3. The summed E-state index contributed by atoms with van der Waals surface area (Å²) in [6, 6.07) is 24.5. The molecular formula is C29H25ClN2O2. The number of benzene rings is 3. The van der Waals surface area contributed by atoms with Crippen molar-refractivity contribution >= 4 is 34.7 Å². The predicted octanol–water partition coefficient (Wildman–Crippen LogP) is 7.21. The average molecular weight is 469 g/mol. The summed E-state index contributed by atoms with van der Waals surface area (Å²) in [5.74, 6) is -0.265. The second kappa shape index (κ2) is 8.96. The number of Topliss-reactive ketones (excluding diaryl/α,β-unsaturated/α-hetero) is 1. The number of nitrogens with zero attached hydrogens (tertiary/aromatic N) is 1. The molecule has 0 spiro atoms. The molecule has 3 aromatic carbocycles. The molecule has 1 aliphatic heterocycles. The molecular weight excluding hydrogens is 444 g/mol. The largest absolute Gasteiger partial charge is 0.507 e. The number of hydrogen-bond acceptors (Lipinski definition) is 3. The first-order valence-corrected chi connectivity index (χ1v) is 11.8. The highest BCUT2D eigenvalue weighted by Crippen LogP contribution is 2.47. The van der Waals surface area contributed by atoms with Crippen LogP contribution in [0.15, 0.2) is 95.7 Å². The molecule has 0 amide bonds. The molecule has 3 aromatic rings. The Balaban J connectivity index is 1.82. The van der Waals surface area contributed by atoms with E-state index in [0.717, 1.165) is 28.9 Å². The third kappa shape index (κ3) is 3.84. The van der Waals surface area contributed by atoms with Gasteiger partial charge in [-0.05, 0) is 49.6 Å². The van der Waals surface area contributed by atoms with E-state index in [1.807, 2.05) is 78.6 Å². The molecule has 170 valence electrons. The first kappa shape index (κ1) is 22.2. The smallest absolute Gasteiger partial charge is 0.161 e. The average Bonchev–Trinajstić information content (AvgIpc) is 2.85. The van der Waals surface area contributed by atoms with Crippen molar-refractivity contribution in [1.29, 1.82) is 5.41 Å². The fourth-order valence-corrected chi connectivity index (χ4v) is 5.04. The number of allylic oxidation sites excluding steroid dienone is 2. The quantitative estimate of drug-likeness (QED) is 0.399.